The van der Waals surface area contributed by atoms with Crippen LogP contribution in [-0.2, 0) is 32.2 Å². The van der Waals surface area contributed by atoms with Crippen molar-refractivity contribution in [3.63, 3.8) is 0 Å². The predicted octanol–water partition coefficient (Wildman–Crippen LogP) is 3.63. The molecule has 1 amide bonds. The van der Waals surface area contributed by atoms with Crippen LogP contribution >= 0.6 is 11.3 Å². The minimum absolute atomic E-state index is 0.0301. The summed E-state index contributed by atoms with van der Waals surface area (Å²) in [5.41, 5.74) is 3.91. The van der Waals surface area contributed by atoms with E-state index in [1.165, 1.54) is 22.9 Å². The summed E-state index contributed by atoms with van der Waals surface area (Å²) >= 11 is 1.67. The molecule has 196 valence electrons. The highest BCUT2D eigenvalue weighted by atomic mass is 32.1. The Bertz CT molecular complexity index is 1610. The molecule has 10 heteroatoms. The van der Waals surface area contributed by atoms with E-state index in [1.54, 1.807) is 34.2 Å². The number of carbonyl (C=O) groups excluding carboxylic acids is 1. The van der Waals surface area contributed by atoms with Gasteiger partial charge in [0.2, 0.25) is 0 Å². The van der Waals surface area contributed by atoms with Gasteiger partial charge in [-0.1, -0.05) is 12.1 Å². The third-order valence-electron chi connectivity index (χ3n) is 8.12. The second kappa shape index (κ2) is 9.43. The molecule has 0 atom stereocenters. The first-order valence-corrected chi connectivity index (χ1v) is 14.3. The fraction of sp³-hybridized carbons (Fsp3) is 0.429. The maximum atomic E-state index is 14.5. The van der Waals surface area contributed by atoms with Crippen LogP contribution in [0.4, 0.5) is 4.39 Å². The lowest BCUT2D eigenvalue weighted by atomic mass is 9.97. The van der Waals surface area contributed by atoms with E-state index in [1.807, 2.05) is 4.90 Å². The molecular weight excluding hydrogens is 503 g/mol. The molecule has 3 aromatic heterocycles. The molecule has 1 saturated heterocycles. The number of H-pyrrole nitrogens is 1. The Morgan fingerprint density at radius 2 is 1.79 bits per heavy atom. The molecule has 4 heterocycles. The van der Waals surface area contributed by atoms with Gasteiger partial charge in [-0.25, -0.2) is 14.1 Å². The summed E-state index contributed by atoms with van der Waals surface area (Å²) in [4.78, 5) is 40.5. The Morgan fingerprint density at radius 1 is 1.00 bits per heavy atom. The molecule has 38 heavy (non-hydrogen) atoms. The third kappa shape index (κ3) is 3.97. The average molecular weight is 533 g/mol. The third-order valence-corrected chi connectivity index (χ3v) is 9.31. The molecule has 0 bridgehead atoms. The molecule has 1 aliphatic heterocycles. The van der Waals surface area contributed by atoms with Gasteiger partial charge in [-0.3, -0.25) is 14.5 Å². The van der Waals surface area contributed by atoms with Crippen LogP contribution in [0.25, 0.3) is 15.9 Å². The number of amides is 1. The van der Waals surface area contributed by atoms with Crippen molar-refractivity contribution >= 4 is 27.5 Å². The van der Waals surface area contributed by atoms with Gasteiger partial charge >= 0.3 is 0 Å². The maximum Gasteiger partial charge on any atom is 0.274 e. The lowest BCUT2D eigenvalue weighted by molar-refractivity contribution is 0.0618. The minimum atomic E-state index is -0.343. The van der Waals surface area contributed by atoms with E-state index in [4.69, 9.17) is 4.98 Å². The number of fused-ring (bicyclic) bond motifs is 4. The van der Waals surface area contributed by atoms with Crippen molar-refractivity contribution in [1.29, 1.82) is 0 Å². The van der Waals surface area contributed by atoms with Gasteiger partial charge < -0.3 is 9.88 Å². The molecule has 1 N–H and O–H groups in total. The van der Waals surface area contributed by atoms with E-state index in [-0.39, 0.29) is 17.3 Å². The zero-order valence-electron chi connectivity index (χ0n) is 21.1. The molecule has 0 unspecified atom stereocenters. The van der Waals surface area contributed by atoms with E-state index in [0.717, 1.165) is 60.0 Å². The Hall–Kier alpha value is -3.37. The van der Waals surface area contributed by atoms with Gasteiger partial charge in [0.25, 0.3) is 11.5 Å². The SMILES string of the molecule is O=C(c1nn(-c2ccccc2F)c2c1CCC2)N1CCN(Cc2nc3sc4c(c3c(=O)[nH]2)CCCC4)CC1. The van der Waals surface area contributed by atoms with Crippen molar-refractivity contribution < 1.29 is 9.18 Å². The van der Waals surface area contributed by atoms with Gasteiger partial charge in [0.1, 0.15) is 22.2 Å². The monoisotopic (exact) mass is 532 g/mol. The lowest BCUT2D eigenvalue weighted by Crippen LogP contribution is -2.48. The fourth-order valence-corrected chi connectivity index (χ4v) is 7.47. The Balaban J connectivity index is 1.06. The molecule has 0 radical (unpaired) electrons. The summed E-state index contributed by atoms with van der Waals surface area (Å²) in [6.45, 7) is 3.06. The molecule has 0 spiro atoms. The highest BCUT2D eigenvalue weighted by Gasteiger charge is 2.32. The van der Waals surface area contributed by atoms with Crippen LogP contribution in [-0.4, -0.2) is 61.6 Å². The number of aryl methyl sites for hydroxylation is 2. The minimum Gasteiger partial charge on any atom is -0.335 e. The zero-order chi connectivity index (χ0) is 25.8. The summed E-state index contributed by atoms with van der Waals surface area (Å²) in [7, 11) is 0. The number of thiophene rings is 1. The van der Waals surface area contributed by atoms with Gasteiger partial charge in [0.05, 0.1) is 11.9 Å². The number of nitrogens with zero attached hydrogens (tertiary/aromatic N) is 5. The van der Waals surface area contributed by atoms with Crippen LogP contribution in [0.15, 0.2) is 29.1 Å². The first-order valence-electron chi connectivity index (χ1n) is 13.5. The van der Waals surface area contributed by atoms with Crippen LogP contribution in [0.1, 0.15) is 57.3 Å². The highest BCUT2D eigenvalue weighted by Crippen LogP contribution is 2.34. The number of aromatic nitrogens is 4. The van der Waals surface area contributed by atoms with E-state index in [0.29, 0.717) is 49.9 Å². The number of halogens is 1. The standard InChI is InChI=1S/C28H29FN6O2S/c29-19-8-2-3-9-21(19)35-20-10-5-7-17(20)25(32-35)28(37)34-14-12-33(13-15-34)16-23-30-26(36)24-18-6-1-4-11-22(18)38-27(24)31-23/h2-3,8-9H,1,4-7,10-16H2,(H,30,31,36). The molecule has 3 aliphatic rings. The zero-order valence-corrected chi connectivity index (χ0v) is 21.9. The van der Waals surface area contributed by atoms with Gasteiger partial charge in [-0.15, -0.1) is 11.3 Å². The molecule has 1 fully saturated rings. The number of para-hydroxylation sites is 1. The Labute approximate surface area is 223 Å². The number of aromatic amines is 1. The van der Waals surface area contributed by atoms with Gasteiger partial charge in [0.15, 0.2) is 5.69 Å². The number of hydrogen-bond acceptors (Lipinski definition) is 6. The van der Waals surface area contributed by atoms with E-state index >= 15 is 0 Å². The van der Waals surface area contributed by atoms with Crippen molar-refractivity contribution in [3.05, 3.63) is 73.7 Å². The second-order valence-electron chi connectivity index (χ2n) is 10.5. The molecule has 0 saturated carbocycles. The van der Waals surface area contributed by atoms with Gasteiger partial charge in [0, 0.05) is 42.3 Å². The van der Waals surface area contributed by atoms with E-state index in [2.05, 4.69) is 15.0 Å². The molecular formula is C28H29FN6O2S. The van der Waals surface area contributed by atoms with Crippen LogP contribution < -0.4 is 5.56 Å². The van der Waals surface area contributed by atoms with Crippen molar-refractivity contribution in [1.82, 2.24) is 29.5 Å². The summed E-state index contributed by atoms with van der Waals surface area (Å²) in [6.07, 6.45) is 6.85. The van der Waals surface area contributed by atoms with Crippen LogP contribution in [0.2, 0.25) is 0 Å². The quantitative estimate of drug-likeness (QED) is 0.434. The highest BCUT2D eigenvalue weighted by molar-refractivity contribution is 7.18. The van der Waals surface area contributed by atoms with E-state index in [9.17, 15) is 14.0 Å². The summed E-state index contributed by atoms with van der Waals surface area (Å²) in [6, 6.07) is 6.57. The van der Waals surface area contributed by atoms with Crippen molar-refractivity contribution in [2.24, 2.45) is 0 Å². The number of hydrogen-bond donors (Lipinski definition) is 1. The van der Waals surface area contributed by atoms with Crippen LogP contribution in [0.3, 0.4) is 0 Å². The molecule has 7 rings (SSSR count). The van der Waals surface area contributed by atoms with Crippen molar-refractivity contribution in [2.75, 3.05) is 26.2 Å². The van der Waals surface area contributed by atoms with E-state index < -0.39 is 0 Å². The van der Waals surface area contributed by atoms with Crippen molar-refractivity contribution in [2.45, 2.75) is 51.5 Å². The lowest BCUT2D eigenvalue weighted by Gasteiger charge is -2.34. The number of rotatable bonds is 4. The summed E-state index contributed by atoms with van der Waals surface area (Å²) in [5, 5.41) is 5.40. The maximum absolute atomic E-state index is 14.5. The van der Waals surface area contributed by atoms with Crippen LogP contribution in [0, 0.1) is 5.82 Å². The number of nitrogens with one attached hydrogen (secondary N) is 1. The molecule has 8 nitrogen and oxygen atoms in total. The number of piperazine rings is 1. The van der Waals surface area contributed by atoms with Gasteiger partial charge in [-0.05, 0) is 62.6 Å². The first kappa shape index (κ1) is 23.7. The molecule has 2 aliphatic carbocycles. The molecule has 4 aromatic rings. The van der Waals surface area contributed by atoms with Crippen molar-refractivity contribution in [3.8, 4) is 5.69 Å². The fourth-order valence-electron chi connectivity index (χ4n) is 6.19. The first-order chi connectivity index (χ1) is 18.6. The Kier molecular flexibility index (Phi) is 5.89. The summed E-state index contributed by atoms with van der Waals surface area (Å²) < 4.78 is 16.1. The average Bonchev–Trinajstić information content (AvgIpc) is 3.63. The summed E-state index contributed by atoms with van der Waals surface area (Å²) in [5.74, 6) is 0.252. The smallest absolute Gasteiger partial charge is 0.274 e. The van der Waals surface area contributed by atoms with Crippen LogP contribution in [0.5, 0.6) is 0 Å². The second-order valence-corrected chi connectivity index (χ2v) is 11.5. The largest absolute Gasteiger partial charge is 0.335 e. The normalized spacial score (nSPS) is 17.7. The predicted molar refractivity (Wildman–Crippen MR) is 144 cm³/mol. The number of carbonyl (C=O) groups is 1. The number of benzene rings is 1. The van der Waals surface area contributed by atoms with Gasteiger partial charge in [-0.2, -0.15) is 5.10 Å². The topological polar surface area (TPSA) is 87.1 Å². The Morgan fingerprint density at radius 3 is 2.63 bits per heavy atom. The molecule has 1 aromatic carbocycles.